The number of nitrogens with zero attached hydrogens (tertiary/aromatic N) is 1. The van der Waals surface area contributed by atoms with Crippen molar-refractivity contribution in [3.8, 4) is 22.5 Å². The molecule has 4 N–H and O–H groups in total. The lowest BCUT2D eigenvalue weighted by molar-refractivity contribution is 0.0697. The third-order valence-electron chi connectivity index (χ3n) is 4.87. The fourth-order valence-corrected chi connectivity index (χ4v) is 3.65. The minimum atomic E-state index is -0.948. The zero-order chi connectivity index (χ0) is 19.1. The average Bonchev–Trinajstić information content (AvgIpc) is 2.66. The molecule has 0 amide bonds. The largest absolute Gasteiger partial charge is 0.478 e. The number of fused-ring (bicyclic) bond motifs is 3. The second-order valence-corrected chi connectivity index (χ2v) is 6.51. The lowest BCUT2D eigenvalue weighted by Gasteiger charge is -2.23. The topological polar surface area (TPSA) is 92.1 Å². The van der Waals surface area contributed by atoms with E-state index in [1.807, 2.05) is 42.5 Å². The first kappa shape index (κ1) is 16.8. The molecule has 0 atom stereocenters. The van der Waals surface area contributed by atoms with Gasteiger partial charge in [0.1, 0.15) is 0 Å². The number of nitrogens with one attached hydrogen (secondary N) is 1. The van der Waals surface area contributed by atoms with Crippen LogP contribution in [0.2, 0.25) is 0 Å². The number of aromatic nitrogens is 1. The fraction of sp³-hybridized carbons (Fsp3) is 0.0909. The van der Waals surface area contributed by atoms with Crippen molar-refractivity contribution in [2.45, 2.75) is 13.5 Å². The zero-order valence-electron chi connectivity index (χ0n) is 14.9. The highest BCUT2D eigenvalue weighted by molar-refractivity contribution is 6.06. The highest BCUT2D eigenvalue weighted by atomic mass is 16.4. The van der Waals surface area contributed by atoms with E-state index in [-0.39, 0.29) is 5.56 Å². The number of nitrogen functional groups attached to an aromatic ring is 1. The maximum atomic E-state index is 11.2. The smallest absolute Gasteiger partial charge is 0.335 e. The maximum absolute atomic E-state index is 11.2. The second kappa shape index (κ2) is 6.29. The van der Waals surface area contributed by atoms with Gasteiger partial charge in [0, 0.05) is 23.2 Å². The van der Waals surface area contributed by atoms with Gasteiger partial charge in [-0.05, 0) is 54.3 Å². The summed E-state index contributed by atoms with van der Waals surface area (Å²) in [5.41, 5.74) is 10.9. The summed E-state index contributed by atoms with van der Waals surface area (Å²) in [5.74, 6) is -0.948. The third-order valence-corrected chi connectivity index (χ3v) is 4.87. The number of anilines is 1. The molecule has 134 valence electrons. The molecule has 0 aromatic heterocycles. The van der Waals surface area contributed by atoms with Gasteiger partial charge < -0.3 is 20.8 Å². The van der Waals surface area contributed by atoms with Crippen molar-refractivity contribution in [2.24, 2.45) is 0 Å². The van der Waals surface area contributed by atoms with Gasteiger partial charge in [0.25, 0.3) is 0 Å². The predicted octanol–water partition coefficient (Wildman–Crippen LogP) is 4.19. The van der Waals surface area contributed by atoms with Crippen LogP contribution in [0.4, 0.5) is 5.69 Å². The van der Waals surface area contributed by atoms with Gasteiger partial charge in [-0.3, -0.25) is 0 Å². The number of carboxylic acids is 1. The monoisotopic (exact) mass is 357 g/mol. The number of benzene rings is 3. The predicted molar refractivity (Wildman–Crippen MR) is 107 cm³/mol. The lowest BCUT2D eigenvalue weighted by Crippen LogP contribution is -2.11. The molecule has 4 rings (SSSR count). The van der Waals surface area contributed by atoms with Gasteiger partial charge in [-0.2, -0.15) is 0 Å². The van der Waals surface area contributed by atoms with Crippen LogP contribution in [0.5, 0.6) is 0 Å². The van der Waals surface area contributed by atoms with Crippen molar-refractivity contribution in [3.05, 3.63) is 71.6 Å². The number of carbonyl (C=O) groups is 1. The summed E-state index contributed by atoms with van der Waals surface area (Å²) in [6, 6.07) is 18.3. The Hall–Kier alpha value is -3.60. The molecule has 5 nitrogen and oxygen atoms in total. The van der Waals surface area contributed by atoms with E-state index in [2.05, 4.69) is 11.5 Å². The number of aromatic carboxylic acids is 1. The summed E-state index contributed by atoms with van der Waals surface area (Å²) >= 11 is 0. The van der Waals surface area contributed by atoms with Gasteiger partial charge >= 0.3 is 5.97 Å². The van der Waals surface area contributed by atoms with Crippen molar-refractivity contribution >= 4 is 22.4 Å². The van der Waals surface area contributed by atoms with Crippen LogP contribution in [0.15, 0.2) is 60.7 Å². The van der Waals surface area contributed by atoms with Gasteiger partial charge in [0.15, 0.2) is 0 Å². The number of nitrogens with two attached hydrogens (primary N) is 1. The Kier molecular flexibility index (Phi) is 3.92. The zero-order valence-corrected chi connectivity index (χ0v) is 14.9. The molecular formula is C22H19N3O2. The normalized spacial score (nSPS) is 11.1. The molecule has 0 spiro atoms. The van der Waals surface area contributed by atoms with Gasteiger partial charge in [0.05, 0.1) is 22.3 Å². The molecular weight excluding hydrogens is 338 g/mol. The van der Waals surface area contributed by atoms with Crippen LogP contribution in [0.3, 0.4) is 0 Å². The first-order chi connectivity index (χ1) is 13.0. The minimum Gasteiger partial charge on any atom is -0.478 e. The van der Waals surface area contributed by atoms with Crippen molar-refractivity contribution in [1.29, 1.82) is 5.41 Å². The van der Waals surface area contributed by atoms with E-state index in [1.165, 1.54) is 0 Å². The number of rotatable bonds is 3. The summed E-state index contributed by atoms with van der Waals surface area (Å²) in [4.78, 5) is 11.2. The molecule has 1 heterocycles. The van der Waals surface area contributed by atoms with E-state index in [4.69, 9.17) is 11.1 Å². The third kappa shape index (κ3) is 2.73. The molecule has 1 aliphatic heterocycles. The van der Waals surface area contributed by atoms with E-state index in [0.717, 1.165) is 33.3 Å². The molecule has 0 radical (unpaired) electrons. The summed E-state index contributed by atoms with van der Waals surface area (Å²) in [6.07, 6.45) is 0. The molecule has 0 unspecified atom stereocenters. The van der Waals surface area contributed by atoms with E-state index < -0.39 is 5.97 Å². The molecule has 0 fully saturated rings. The van der Waals surface area contributed by atoms with E-state index in [1.54, 1.807) is 18.2 Å². The summed E-state index contributed by atoms with van der Waals surface area (Å²) in [6.45, 7) is 2.77. The molecule has 27 heavy (non-hydrogen) atoms. The molecule has 0 saturated heterocycles. The fourth-order valence-electron chi connectivity index (χ4n) is 3.65. The Morgan fingerprint density at radius 3 is 2.44 bits per heavy atom. The van der Waals surface area contributed by atoms with Crippen LogP contribution in [0.1, 0.15) is 17.3 Å². The number of hydrogen-bond acceptors (Lipinski definition) is 3. The quantitative estimate of drug-likeness (QED) is 0.379. The molecule has 0 bridgehead atoms. The summed E-state index contributed by atoms with van der Waals surface area (Å²) < 4.78 is 2.16. The molecule has 5 heteroatoms. The minimum absolute atomic E-state index is 0.250. The number of hydrogen-bond donors (Lipinski definition) is 3. The Bertz CT molecular complexity index is 1210. The maximum Gasteiger partial charge on any atom is 0.335 e. The van der Waals surface area contributed by atoms with Crippen molar-refractivity contribution < 1.29 is 9.90 Å². The van der Waals surface area contributed by atoms with E-state index in [0.29, 0.717) is 17.6 Å². The van der Waals surface area contributed by atoms with Crippen molar-refractivity contribution in [3.63, 3.8) is 0 Å². The highest BCUT2D eigenvalue weighted by Crippen LogP contribution is 2.39. The molecule has 0 saturated carbocycles. The summed E-state index contributed by atoms with van der Waals surface area (Å²) in [7, 11) is 0. The van der Waals surface area contributed by atoms with E-state index in [9.17, 15) is 9.90 Å². The Labute approximate surface area is 156 Å². The molecule has 2 aliphatic rings. The molecule has 2 aromatic carbocycles. The first-order valence-corrected chi connectivity index (χ1v) is 8.73. The van der Waals surface area contributed by atoms with Gasteiger partial charge in [-0.15, -0.1) is 0 Å². The SMILES string of the molecule is CCn1c2cc(=N)ccc-2c2ccc(N)cc2c1-c1ccc(C(=O)O)cc1. The van der Waals surface area contributed by atoms with Crippen LogP contribution in [-0.4, -0.2) is 15.6 Å². The van der Waals surface area contributed by atoms with Crippen LogP contribution in [0.25, 0.3) is 33.3 Å². The Morgan fingerprint density at radius 2 is 1.78 bits per heavy atom. The van der Waals surface area contributed by atoms with Crippen LogP contribution in [0, 0.1) is 5.41 Å². The number of carboxylic acid groups (broad SMARTS) is 1. The van der Waals surface area contributed by atoms with Gasteiger partial charge in [-0.25, -0.2) is 4.79 Å². The molecule has 1 aliphatic carbocycles. The Balaban J connectivity index is 2.16. The van der Waals surface area contributed by atoms with Gasteiger partial charge in [0.2, 0.25) is 0 Å². The van der Waals surface area contributed by atoms with Crippen LogP contribution in [-0.2, 0) is 6.54 Å². The van der Waals surface area contributed by atoms with Crippen molar-refractivity contribution in [1.82, 2.24) is 4.57 Å². The first-order valence-electron chi connectivity index (χ1n) is 8.73. The summed E-state index contributed by atoms with van der Waals surface area (Å²) in [5, 5.41) is 19.7. The lowest BCUT2D eigenvalue weighted by atomic mass is 9.94. The van der Waals surface area contributed by atoms with E-state index >= 15 is 0 Å². The Morgan fingerprint density at radius 1 is 1.04 bits per heavy atom. The average molecular weight is 357 g/mol. The van der Waals surface area contributed by atoms with Crippen LogP contribution >= 0.6 is 0 Å². The molecule has 2 aromatic rings. The number of pyridine rings is 1. The standard InChI is InChI=1S/C22H19N3O2/c1-2-25-20-12-16(24)8-10-18(20)17-9-7-15(23)11-19(17)21(25)13-3-5-14(6-4-13)22(26)27/h3-12,24H,2,23H2,1H3,(H,26,27). The van der Waals surface area contributed by atoms with Crippen molar-refractivity contribution in [2.75, 3.05) is 5.73 Å². The highest BCUT2D eigenvalue weighted by Gasteiger charge is 2.18. The van der Waals surface area contributed by atoms with Crippen LogP contribution < -0.4 is 11.1 Å². The van der Waals surface area contributed by atoms with Gasteiger partial charge in [-0.1, -0.05) is 24.3 Å². The second-order valence-electron chi connectivity index (χ2n) is 6.51.